The Bertz CT molecular complexity index is 381. The number of morpholine rings is 1. The lowest BCUT2D eigenvalue weighted by Crippen LogP contribution is -2.48. The van der Waals surface area contributed by atoms with E-state index < -0.39 is 11.6 Å². The number of nitrogens with one attached hydrogen (secondary N) is 2. The molecule has 1 aromatic rings. The molecule has 1 heterocycles. The van der Waals surface area contributed by atoms with Gasteiger partial charge in [-0.25, -0.2) is 8.78 Å². The Kier molecular flexibility index (Phi) is 4.04. The van der Waals surface area contributed by atoms with Crippen LogP contribution in [0.15, 0.2) is 18.2 Å². The molecule has 1 fully saturated rings. The fraction of sp³-hybridized carbons (Fsp3) is 0.500. The molecular weight excluding hydrogens is 226 g/mol. The molecule has 94 valence electrons. The summed E-state index contributed by atoms with van der Waals surface area (Å²) < 4.78 is 31.9. The SMILES string of the molecule is CNC(c1ccc(F)cc1F)C1COCCN1. The molecule has 17 heavy (non-hydrogen) atoms. The number of halogens is 2. The van der Waals surface area contributed by atoms with Crippen LogP contribution in [0.1, 0.15) is 11.6 Å². The van der Waals surface area contributed by atoms with E-state index in [4.69, 9.17) is 4.74 Å². The van der Waals surface area contributed by atoms with E-state index >= 15 is 0 Å². The molecule has 0 aliphatic carbocycles. The van der Waals surface area contributed by atoms with Crippen LogP contribution in [0.25, 0.3) is 0 Å². The van der Waals surface area contributed by atoms with Gasteiger partial charge in [0.05, 0.1) is 25.3 Å². The lowest BCUT2D eigenvalue weighted by atomic mass is 9.98. The van der Waals surface area contributed by atoms with E-state index in [1.807, 2.05) is 0 Å². The standard InChI is InChI=1S/C12H16F2N2O/c1-15-12(11-7-17-5-4-16-11)9-3-2-8(13)6-10(9)14/h2-3,6,11-12,15-16H,4-5,7H2,1H3. The first-order valence-electron chi connectivity index (χ1n) is 5.65. The van der Waals surface area contributed by atoms with Crippen molar-refractivity contribution >= 4 is 0 Å². The molecule has 2 atom stereocenters. The van der Waals surface area contributed by atoms with Crippen LogP contribution in [0.3, 0.4) is 0 Å². The highest BCUT2D eigenvalue weighted by Crippen LogP contribution is 2.22. The zero-order valence-corrected chi connectivity index (χ0v) is 9.67. The summed E-state index contributed by atoms with van der Waals surface area (Å²) in [6.45, 7) is 1.92. The van der Waals surface area contributed by atoms with Crippen LogP contribution in [0.2, 0.25) is 0 Å². The summed E-state index contributed by atoms with van der Waals surface area (Å²) in [5.74, 6) is -1.09. The fourth-order valence-corrected chi connectivity index (χ4v) is 2.13. The molecule has 2 unspecified atom stereocenters. The molecule has 0 amide bonds. The quantitative estimate of drug-likeness (QED) is 0.836. The first-order valence-corrected chi connectivity index (χ1v) is 5.65. The number of rotatable bonds is 3. The summed E-state index contributed by atoms with van der Waals surface area (Å²) in [5.41, 5.74) is 0.455. The van der Waals surface area contributed by atoms with Gasteiger partial charge in [-0.1, -0.05) is 6.07 Å². The van der Waals surface area contributed by atoms with E-state index in [2.05, 4.69) is 10.6 Å². The van der Waals surface area contributed by atoms with Crippen molar-refractivity contribution in [1.82, 2.24) is 10.6 Å². The van der Waals surface area contributed by atoms with Gasteiger partial charge in [-0.3, -0.25) is 0 Å². The van der Waals surface area contributed by atoms with E-state index in [9.17, 15) is 8.78 Å². The Hall–Kier alpha value is -1.04. The summed E-state index contributed by atoms with van der Waals surface area (Å²) in [6.07, 6.45) is 0. The van der Waals surface area contributed by atoms with Crippen LogP contribution < -0.4 is 10.6 Å². The zero-order chi connectivity index (χ0) is 12.3. The minimum absolute atomic E-state index is 0.00582. The third-order valence-electron chi connectivity index (χ3n) is 2.96. The van der Waals surface area contributed by atoms with Crippen LogP contribution in [0.4, 0.5) is 8.78 Å². The highest BCUT2D eigenvalue weighted by molar-refractivity contribution is 5.23. The first-order chi connectivity index (χ1) is 8.22. The first kappa shape index (κ1) is 12.4. The Morgan fingerprint density at radius 1 is 1.47 bits per heavy atom. The Labute approximate surface area is 99.2 Å². The minimum atomic E-state index is -0.561. The molecule has 0 radical (unpaired) electrons. The molecule has 0 saturated carbocycles. The maximum Gasteiger partial charge on any atom is 0.130 e. The van der Waals surface area contributed by atoms with Crippen molar-refractivity contribution in [2.24, 2.45) is 0 Å². The summed E-state index contributed by atoms with van der Waals surface area (Å²) >= 11 is 0. The van der Waals surface area contributed by atoms with Gasteiger partial charge in [0.25, 0.3) is 0 Å². The Balaban J connectivity index is 2.21. The van der Waals surface area contributed by atoms with E-state index in [1.54, 1.807) is 7.05 Å². The smallest absolute Gasteiger partial charge is 0.130 e. The molecule has 3 nitrogen and oxygen atoms in total. The van der Waals surface area contributed by atoms with Gasteiger partial charge in [-0.15, -0.1) is 0 Å². The van der Waals surface area contributed by atoms with E-state index in [1.165, 1.54) is 12.1 Å². The predicted octanol–water partition coefficient (Wildman–Crippen LogP) is 1.21. The van der Waals surface area contributed by atoms with Crippen LogP contribution in [-0.2, 0) is 4.74 Å². The van der Waals surface area contributed by atoms with E-state index in [0.717, 1.165) is 12.6 Å². The number of likely N-dealkylation sites (N-methyl/N-ethyl adjacent to an activating group) is 1. The average molecular weight is 242 g/mol. The van der Waals surface area contributed by atoms with Crippen molar-refractivity contribution in [2.75, 3.05) is 26.8 Å². The molecule has 1 saturated heterocycles. The Morgan fingerprint density at radius 2 is 2.29 bits per heavy atom. The van der Waals surface area contributed by atoms with Crippen molar-refractivity contribution < 1.29 is 13.5 Å². The van der Waals surface area contributed by atoms with Crippen molar-refractivity contribution in [3.05, 3.63) is 35.4 Å². The highest BCUT2D eigenvalue weighted by Gasteiger charge is 2.26. The second-order valence-corrected chi connectivity index (χ2v) is 4.07. The van der Waals surface area contributed by atoms with Gasteiger partial charge in [0.15, 0.2) is 0 Å². The molecule has 1 aliphatic rings. The molecule has 0 bridgehead atoms. The zero-order valence-electron chi connectivity index (χ0n) is 9.67. The van der Waals surface area contributed by atoms with Crippen molar-refractivity contribution in [3.63, 3.8) is 0 Å². The topological polar surface area (TPSA) is 33.3 Å². The summed E-state index contributed by atoms with van der Waals surface area (Å²) in [4.78, 5) is 0. The average Bonchev–Trinajstić information content (AvgIpc) is 2.34. The molecule has 1 aromatic carbocycles. The number of ether oxygens (including phenoxy) is 1. The maximum atomic E-state index is 13.7. The second-order valence-electron chi connectivity index (χ2n) is 4.07. The predicted molar refractivity (Wildman–Crippen MR) is 60.8 cm³/mol. The Morgan fingerprint density at radius 3 is 2.88 bits per heavy atom. The molecule has 0 aromatic heterocycles. The van der Waals surface area contributed by atoms with Crippen molar-refractivity contribution in [2.45, 2.75) is 12.1 Å². The normalized spacial score (nSPS) is 22.4. The van der Waals surface area contributed by atoms with Gasteiger partial charge in [0, 0.05) is 18.2 Å². The molecule has 2 N–H and O–H groups in total. The van der Waals surface area contributed by atoms with Gasteiger partial charge in [0.2, 0.25) is 0 Å². The summed E-state index contributed by atoms with van der Waals surface area (Å²) in [7, 11) is 1.75. The van der Waals surface area contributed by atoms with Gasteiger partial charge in [-0.05, 0) is 13.1 Å². The van der Waals surface area contributed by atoms with E-state index in [0.29, 0.717) is 18.8 Å². The molecule has 5 heteroatoms. The van der Waals surface area contributed by atoms with Crippen molar-refractivity contribution in [3.8, 4) is 0 Å². The fourth-order valence-electron chi connectivity index (χ4n) is 2.13. The third kappa shape index (κ3) is 2.80. The third-order valence-corrected chi connectivity index (χ3v) is 2.96. The largest absolute Gasteiger partial charge is 0.378 e. The van der Waals surface area contributed by atoms with Crippen LogP contribution in [0.5, 0.6) is 0 Å². The molecule has 1 aliphatic heterocycles. The maximum absolute atomic E-state index is 13.7. The molecule has 2 rings (SSSR count). The van der Waals surface area contributed by atoms with Crippen molar-refractivity contribution in [1.29, 1.82) is 0 Å². The monoisotopic (exact) mass is 242 g/mol. The second kappa shape index (κ2) is 5.53. The van der Waals surface area contributed by atoms with E-state index in [-0.39, 0.29) is 12.1 Å². The van der Waals surface area contributed by atoms with Crippen LogP contribution in [-0.4, -0.2) is 32.8 Å². The van der Waals surface area contributed by atoms with Gasteiger partial charge in [-0.2, -0.15) is 0 Å². The molecule has 0 spiro atoms. The lowest BCUT2D eigenvalue weighted by Gasteiger charge is -2.31. The summed E-state index contributed by atoms with van der Waals surface area (Å²) in [6, 6.07) is 3.42. The van der Waals surface area contributed by atoms with Crippen LogP contribution in [0, 0.1) is 11.6 Å². The minimum Gasteiger partial charge on any atom is -0.378 e. The van der Waals surface area contributed by atoms with Gasteiger partial charge < -0.3 is 15.4 Å². The van der Waals surface area contributed by atoms with Crippen LogP contribution >= 0.6 is 0 Å². The summed E-state index contributed by atoms with van der Waals surface area (Å²) in [5, 5.41) is 6.31. The number of benzene rings is 1. The van der Waals surface area contributed by atoms with Gasteiger partial charge in [0.1, 0.15) is 11.6 Å². The van der Waals surface area contributed by atoms with Gasteiger partial charge >= 0.3 is 0 Å². The molecular formula is C12H16F2N2O. The number of hydrogen-bond acceptors (Lipinski definition) is 3. The highest BCUT2D eigenvalue weighted by atomic mass is 19.1. The number of hydrogen-bond donors (Lipinski definition) is 2. The lowest BCUT2D eigenvalue weighted by molar-refractivity contribution is 0.0641.